The first-order valence-electron chi connectivity index (χ1n) is 15.5. The molecule has 0 saturated carbocycles. The molecule has 0 radical (unpaired) electrons. The molecule has 218 valence electrons. The van der Waals surface area contributed by atoms with Crippen LogP contribution in [-0.2, 0) is 0 Å². The predicted octanol–water partition coefficient (Wildman–Crippen LogP) is 12.6. The maximum absolute atomic E-state index is 15.0. The fraction of sp³-hybridized carbons (Fsp3) is 0. The minimum atomic E-state index is -0.218. The first kappa shape index (κ1) is 27.6. The summed E-state index contributed by atoms with van der Waals surface area (Å²) < 4.78 is 15.0. The van der Waals surface area contributed by atoms with E-state index in [1.54, 1.807) is 6.07 Å². The van der Waals surface area contributed by atoms with Crippen molar-refractivity contribution in [1.82, 2.24) is 0 Å². The zero-order valence-corrected chi connectivity index (χ0v) is 25.1. The van der Waals surface area contributed by atoms with Crippen molar-refractivity contribution < 1.29 is 4.39 Å². The Hall–Kier alpha value is -5.99. The Kier molecular flexibility index (Phi) is 7.09. The van der Waals surface area contributed by atoms with Crippen molar-refractivity contribution in [2.45, 2.75) is 0 Å². The van der Waals surface area contributed by atoms with E-state index in [0.717, 1.165) is 44.5 Å². The van der Waals surface area contributed by atoms with Crippen molar-refractivity contribution in [2.75, 3.05) is 4.90 Å². The van der Waals surface area contributed by atoms with Gasteiger partial charge in [-0.3, -0.25) is 0 Å². The van der Waals surface area contributed by atoms with Crippen LogP contribution in [0.1, 0.15) is 0 Å². The van der Waals surface area contributed by atoms with Gasteiger partial charge < -0.3 is 4.90 Å². The van der Waals surface area contributed by atoms with E-state index < -0.39 is 0 Å². The third-order valence-corrected chi connectivity index (χ3v) is 8.73. The van der Waals surface area contributed by atoms with Gasteiger partial charge in [-0.05, 0) is 91.8 Å². The van der Waals surface area contributed by atoms with Gasteiger partial charge in [-0.1, -0.05) is 140 Å². The quantitative estimate of drug-likeness (QED) is 0.186. The molecule has 0 aromatic heterocycles. The maximum Gasteiger partial charge on any atom is 0.131 e. The highest BCUT2D eigenvalue weighted by Gasteiger charge is 2.16. The number of hydrogen-bond donors (Lipinski definition) is 0. The molecular weight excluding hydrogens is 561 g/mol. The fourth-order valence-electron chi connectivity index (χ4n) is 6.47. The number of anilines is 3. The average Bonchev–Trinajstić information content (AvgIpc) is 3.12. The van der Waals surface area contributed by atoms with Crippen LogP contribution in [-0.4, -0.2) is 0 Å². The summed E-state index contributed by atoms with van der Waals surface area (Å²) in [6.45, 7) is 0. The van der Waals surface area contributed by atoms with E-state index in [1.807, 2.05) is 30.3 Å². The second-order valence-corrected chi connectivity index (χ2v) is 11.5. The van der Waals surface area contributed by atoms with Crippen LogP contribution in [0.25, 0.3) is 54.9 Å². The van der Waals surface area contributed by atoms with Gasteiger partial charge in [0.2, 0.25) is 0 Å². The predicted molar refractivity (Wildman–Crippen MR) is 192 cm³/mol. The molecule has 8 aromatic carbocycles. The molecule has 0 saturated heterocycles. The lowest BCUT2D eigenvalue weighted by molar-refractivity contribution is 0.631. The highest BCUT2D eigenvalue weighted by Crippen LogP contribution is 2.40. The van der Waals surface area contributed by atoms with E-state index in [0.29, 0.717) is 5.56 Å². The van der Waals surface area contributed by atoms with Gasteiger partial charge in [-0.25, -0.2) is 4.39 Å². The molecule has 0 aliphatic heterocycles. The number of fused-ring (bicyclic) bond motifs is 2. The largest absolute Gasteiger partial charge is 0.310 e. The standard InChI is InChI=1S/C44H30FN/c45-43-19-7-6-16-41(43)42-18-9-15-35-14-8-17-40(44(35)42)34-23-27-38(28-24-34)46(39-29-22-32-12-4-5-13-36(32)30-39)37-25-20-33(21-26-37)31-10-2-1-3-11-31/h1-30H. The summed E-state index contributed by atoms with van der Waals surface area (Å²) in [6, 6.07) is 62.4. The smallest absolute Gasteiger partial charge is 0.131 e. The monoisotopic (exact) mass is 591 g/mol. The Bertz CT molecular complexity index is 2300. The van der Waals surface area contributed by atoms with Crippen molar-refractivity contribution in [3.63, 3.8) is 0 Å². The van der Waals surface area contributed by atoms with Crippen LogP contribution in [0, 0.1) is 5.82 Å². The van der Waals surface area contributed by atoms with Crippen LogP contribution in [0.3, 0.4) is 0 Å². The van der Waals surface area contributed by atoms with Crippen LogP contribution in [0.4, 0.5) is 21.5 Å². The molecule has 2 heteroatoms. The molecule has 1 nitrogen and oxygen atoms in total. The van der Waals surface area contributed by atoms with E-state index in [-0.39, 0.29) is 5.82 Å². The van der Waals surface area contributed by atoms with Crippen molar-refractivity contribution in [1.29, 1.82) is 0 Å². The van der Waals surface area contributed by atoms with Gasteiger partial charge in [0.25, 0.3) is 0 Å². The van der Waals surface area contributed by atoms with E-state index in [4.69, 9.17) is 0 Å². The van der Waals surface area contributed by atoms with Gasteiger partial charge >= 0.3 is 0 Å². The van der Waals surface area contributed by atoms with Crippen LogP contribution in [0.2, 0.25) is 0 Å². The Labute approximate surface area is 268 Å². The van der Waals surface area contributed by atoms with Crippen LogP contribution < -0.4 is 4.90 Å². The Morgan fingerprint density at radius 3 is 1.57 bits per heavy atom. The molecule has 8 rings (SSSR count). The normalized spacial score (nSPS) is 11.2. The van der Waals surface area contributed by atoms with Gasteiger partial charge in [-0.15, -0.1) is 0 Å². The zero-order valence-electron chi connectivity index (χ0n) is 25.1. The minimum Gasteiger partial charge on any atom is -0.310 e. The summed E-state index contributed by atoms with van der Waals surface area (Å²) in [7, 11) is 0. The maximum atomic E-state index is 15.0. The third-order valence-electron chi connectivity index (χ3n) is 8.73. The molecule has 0 fully saturated rings. The Morgan fingerprint density at radius 1 is 0.326 bits per heavy atom. The minimum absolute atomic E-state index is 0.218. The summed E-state index contributed by atoms with van der Waals surface area (Å²) in [5, 5.41) is 4.53. The van der Waals surface area contributed by atoms with Crippen molar-refractivity contribution in [2.24, 2.45) is 0 Å². The number of benzene rings is 8. The van der Waals surface area contributed by atoms with Crippen LogP contribution in [0.5, 0.6) is 0 Å². The molecule has 0 bridgehead atoms. The fourth-order valence-corrected chi connectivity index (χ4v) is 6.47. The molecule has 0 aliphatic carbocycles. The molecule has 46 heavy (non-hydrogen) atoms. The molecule has 0 amide bonds. The van der Waals surface area contributed by atoms with Gasteiger partial charge in [0.15, 0.2) is 0 Å². The molecule has 0 spiro atoms. The van der Waals surface area contributed by atoms with Crippen LogP contribution in [0.15, 0.2) is 182 Å². The summed E-state index contributed by atoms with van der Waals surface area (Å²) in [5.41, 5.74) is 9.26. The highest BCUT2D eigenvalue weighted by atomic mass is 19.1. The lowest BCUT2D eigenvalue weighted by Crippen LogP contribution is -2.09. The topological polar surface area (TPSA) is 3.24 Å². The third kappa shape index (κ3) is 5.10. The molecule has 0 unspecified atom stereocenters. The lowest BCUT2D eigenvalue weighted by Gasteiger charge is -2.26. The van der Waals surface area contributed by atoms with E-state index in [2.05, 4.69) is 144 Å². The van der Waals surface area contributed by atoms with Crippen LogP contribution >= 0.6 is 0 Å². The lowest BCUT2D eigenvalue weighted by atomic mass is 9.91. The van der Waals surface area contributed by atoms with Crippen molar-refractivity contribution >= 4 is 38.6 Å². The number of hydrogen-bond acceptors (Lipinski definition) is 1. The van der Waals surface area contributed by atoms with Crippen molar-refractivity contribution in [3.05, 3.63) is 188 Å². The second kappa shape index (κ2) is 11.8. The van der Waals surface area contributed by atoms with Crippen molar-refractivity contribution in [3.8, 4) is 33.4 Å². The molecule has 0 N–H and O–H groups in total. The van der Waals surface area contributed by atoms with E-state index in [1.165, 1.54) is 28.0 Å². The number of halogens is 1. The molecule has 8 aromatic rings. The second-order valence-electron chi connectivity index (χ2n) is 11.5. The SMILES string of the molecule is Fc1ccccc1-c1cccc2cccc(-c3ccc(N(c4ccc(-c5ccccc5)cc4)c4ccc5ccccc5c4)cc3)c12. The average molecular weight is 592 g/mol. The highest BCUT2D eigenvalue weighted by molar-refractivity contribution is 6.06. The van der Waals surface area contributed by atoms with Gasteiger partial charge in [0.1, 0.15) is 5.82 Å². The van der Waals surface area contributed by atoms with Gasteiger partial charge in [-0.2, -0.15) is 0 Å². The molecule has 0 heterocycles. The summed E-state index contributed by atoms with van der Waals surface area (Å²) >= 11 is 0. The summed E-state index contributed by atoms with van der Waals surface area (Å²) in [6.07, 6.45) is 0. The number of nitrogens with zero attached hydrogens (tertiary/aromatic N) is 1. The molecular formula is C44H30FN. The zero-order chi connectivity index (χ0) is 30.9. The summed E-state index contributed by atoms with van der Waals surface area (Å²) in [5.74, 6) is -0.218. The summed E-state index contributed by atoms with van der Waals surface area (Å²) in [4.78, 5) is 2.30. The first-order chi connectivity index (χ1) is 22.7. The Morgan fingerprint density at radius 2 is 0.848 bits per heavy atom. The van der Waals surface area contributed by atoms with Gasteiger partial charge in [0.05, 0.1) is 0 Å². The van der Waals surface area contributed by atoms with E-state index in [9.17, 15) is 0 Å². The van der Waals surface area contributed by atoms with Gasteiger partial charge in [0, 0.05) is 22.6 Å². The number of rotatable bonds is 6. The van der Waals surface area contributed by atoms with E-state index >= 15 is 4.39 Å². The molecule has 0 atom stereocenters. The molecule has 0 aliphatic rings. The first-order valence-corrected chi connectivity index (χ1v) is 15.5. The Balaban J connectivity index is 1.24.